The molecular weight excluding hydrogens is 530 g/mol. The third-order valence-electron chi connectivity index (χ3n) is 7.98. The molecule has 3 N–H and O–H groups in total. The maximum Gasteiger partial charge on any atom is 0.407 e. The summed E-state index contributed by atoms with van der Waals surface area (Å²) >= 11 is 1.51. The number of sulfonamides is 1. The molecule has 1 aromatic rings. The summed E-state index contributed by atoms with van der Waals surface area (Å²) in [5.74, 6) is -0.648. The van der Waals surface area contributed by atoms with Gasteiger partial charge in [0.2, 0.25) is 21.8 Å². The molecule has 0 radical (unpaired) electrons. The maximum absolute atomic E-state index is 14.2. The minimum Gasteiger partial charge on any atom is -0.465 e. The van der Waals surface area contributed by atoms with Crippen LogP contribution in [0.3, 0.4) is 0 Å². The van der Waals surface area contributed by atoms with Crippen molar-refractivity contribution in [2.75, 3.05) is 39.0 Å². The normalized spacial score (nSPS) is 23.2. The molecule has 2 atom stereocenters. The number of rotatable bonds is 8. The summed E-state index contributed by atoms with van der Waals surface area (Å²) < 4.78 is 25.6. The Morgan fingerprint density at radius 1 is 1.08 bits per heavy atom. The number of nitrogens with zero attached hydrogens (tertiary/aromatic N) is 3. The second-order valence-corrected chi connectivity index (χ2v) is 13.6. The third-order valence-corrected chi connectivity index (χ3v) is 10.2. The van der Waals surface area contributed by atoms with E-state index in [1.54, 1.807) is 4.90 Å². The van der Waals surface area contributed by atoms with Crippen molar-refractivity contribution in [1.29, 1.82) is 0 Å². The molecule has 3 fully saturated rings. The summed E-state index contributed by atoms with van der Waals surface area (Å²) in [5, 5.41) is 18.0. The Balaban J connectivity index is 1.52. The van der Waals surface area contributed by atoms with E-state index in [1.165, 1.54) is 33.2 Å². The van der Waals surface area contributed by atoms with Gasteiger partial charge in [-0.05, 0) is 43.0 Å². The molecule has 212 valence electrons. The highest BCUT2D eigenvalue weighted by molar-refractivity contribution is 7.88. The van der Waals surface area contributed by atoms with E-state index in [4.69, 9.17) is 0 Å². The average molecular weight is 570 g/mol. The molecule has 2 saturated heterocycles. The largest absolute Gasteiger partial charge is 0.465 e. The molecule has 4 rings (SSSR count). The van der Waals surface area contributed by atoms with Gasteiger partial charge in [-0.15, -0.1) is 11.3 Å². The molecule has 0 aromatic carbocycles. The number of thiophene rings is 1. The molecule has 0 bridgehead atoms. The van der Waals surface area contributed by atoms with Gasteiger partial charge in [-0.3, -0.25) is 9.59 Å². The number of carbonyl (C=O) groups excluding carboxylic acids is 2. The van der Waals surface area contributed by atoms with Crippen LogP contribution < -0.4 is 10.6 Å². The number of hydrogen-bond donors (Lipinski definition) is 3. The number of hydrogen-bond acceptors (Lipinski definition) is 7. The molecule has 11 nitrogen and oxygen atoms in total. The number of piperidine rings is 1. The lowest BCUT2D eigenvalue weighted by atomic mass is 9.86. The van der Waals surface area contributed by atoms with Crippen molar-refractivity contribution in [3.8, 4) is 0 Å². The highest BCUT2D eigenvalue weighted by Crippen LogP contribution is 2.27. The number of piperazine rings is 1. The van der Waals surface area contributed by atoms with Crippen molar-refractivity contribution in [3.05, 3.63) is 22.4 Å². The van der Waals surface area contributed by atoms with Gasteiger partial charge in [-0.2, -0.15) is 0 Å². The van der Waals surface area contributed by atoms with Crippen LogP contribution in [0, 0.1) is 5.92 Å². The van der Waals surface area contributed by atoms with Crippen LogP contribution in [0.4, 0.5) is 4.79 Å². The van der Waals surface area contributed by atoms with Gasteiger partial charge in [-0.1, -0.05) is 25.3 Å². The Bertz CT molecular complexity index is 1070. The maximum atomic E-state index is 14.2. The number of amides is 3. The van der Waals surface area contributed by atoms with Crippen LogP contribution in [0.1, 0.15) is 49.8 Å². The second kappa shape index (κ2) is 12.8. The van der Waals surface area contributed by atoms with Crippen LogP contribution in [0.5, 0.6) is 0 Å². The van der Waals surface area contributed by atoms with E-state index < -0.39 is 28.2 Å². The van der Waals surface area contributed by atoms with Crippen LogP contribution >= 0.6 is 11.3 Å². The van der Waals surface area contributed by atoms with Crippen molar-refractivity contribution in [1.82, 2.24) is 24.7 Å². The lowest BCUT2D eigenvalue weighted by Crippen LogP contribution is -2.65. The molecule has 1 aliphatic carbocycles. The van der Waals surface area contributed by atoms with E-state index >= 15 is 0 Å². The van der Waals surface area contributed by atoms with Crippen molar-refractivity contribution >= 4 is 39.3 Å². The first-order chi connectivity index (χ1) is 18.1. The van der Waals surface area contributed by atoms with Crippen molar-refractivity contribution in [2.24, 2.45) is 5.92 Å². The minimum absolute atomic E-state index is 0.0743. The fraction of sp³-hybridized carbons (Fsp3) is 0.720. The lowest BCUT2D eigenvalue weighted by Gasteiger charge is -2.44. The van der Waals surface area contributed by atoms with Gasteiger partial charge in [0.05, 0.1) is 25.4 Å². The summed E-state index contributed by atoms with van der Waals surface area (Å²) in [6.45, 7) is 1.22. The number of carboxylic acid groups (broad SMARTS) is 1. The van der Waals surface area contributed by atoms with Gasteiger partial charge >= 0.3 is 6.09 Å². The molecule has 3 heterocycles. The van der Waals surface area contributed by atoms with Gasteiger partial charge in [0, 0.05) is 37.1 Å². The summed E-state index contributed by atoms with van der Waals surface area (Å²) in [6, 6.07) is 2.51. The van der Waals surface area contributed by atoms with E-state index in [0.29, 0.717) is 32.5 Å². The Morgan fingerprint density at radius 2 is 1.79 bits per heavy atom. The van der Waals surface area contributed by atoms with E-state index in [9.17, 15) is 27.9 Å². The molecule has 1 aromatic heterocycles. The van der Waals surface area contributed by atoms with Gasteiger partial charge in [0.15, 0.2) is 0 Å². The Kier molecular flexibility index (Phi) is 9.66. The van der Waals surface area contributed by atoms with Crippen LogP contribution in [-0.2, 0) is 26.2 Å². The smallest absolute Gasteiger partial charge is 0.407 e. The summed E-state index contributed by atoms with van der Waals surface area (Å²) in [7, 11) is -3.30. The van der Waals surface area contributed by atoms with Crippen molar-refractivity contribution < 1.29 is 27.9 Å². The van der Waals surface area contributed by atoms with E-state index in [2.05, 4.69) is 10.6 Å². The summed E-state index contributed by atoms with van der Waals surface area (Å²) in [6.07, 6.45) is 6.50. The van der Waals surface area contributed by atoms with Crippen LogP contribution in [0.25, 0.3) is 0 Å². The predicted molar refractivity (Wildman–Crippen MR) is 144 cm³/mol. The minimum atomic E-state index is -3.30. The molecule has 13 heteroatoms. The van der Waals surface area contributed by atoms with Gasteiger partial charge < -0.3 is 25.5 Å². The highest BCUT2D eigenvalue weighted by Gasteiger charge is 2.43. The average Bonchev–Trinajstić information content (AvgIpc) is 3.43. The Labute approximate surface area is 228 Å². The van der Waals surface area contributed by atoms with E-state index in [0.717, 1.165) is 30.6 Å². The summed E-state index contributed by atoms with van der Waals surface area (Å²) in [5.41, 5.74) is 0. The molecule has 0 unspecified atom stereocenters. The zero-order chi connectivity index (χ0) is 27.3. The monoisotopic (exact) mass is 569 g/mol. The van der Waals surface area contributed by atoms with Gasteiger partial charge in [0.25, 0.3) is 0 Å². The number of nitrogens with one attached hydrogen (secondary N) is 2. The fourth-order valence-electron chi connectivity index (χ4n) is 5.80. The van der Waals surface area contributed by atoms with E-state index in [1.807, 2.05) is 17.5 Å². The fourth-order valence-corrected chi connectivity index (χ4v) is 7.32. The second-order valence-electron chi connectivity index (χ2n) is 10.6. The SMILES string of the molecule is CS(=O)(=O)N1CCC([C@@H](NC2CCCCC2)C(=O)N2CCN(C(=O)O)C[C@H]2C(=O)NCc2cccs2)CC1. The van der Waals surface area contributed by atoms with Crippen molar-refractivity contribution in [3.63, 3.8) is 0 Å². The van der Waals surface area contributed by atoms with Gasteiger partial charge in [-0.25, -0.2) is 17.5 Å². The number of carbonyl (C=O) groups is 3. The van der Waals surface area contributed by atoms with Crippen molar-refractivity contribution in [2.45, 2.75) is 69.6 Å². The quantitative estimate of drug-likeness (QED) is 0.431. The van der Waals surface area contributed by atoms with Crippen LogP contribution in [-0.4, -0.2) is 103 Å². The van der Waals surface area contributed by atoms with Gasteiger partial charge in [0.1, 0.15) is 6.04 Å². The highest BCUT2D eigenvalue weighted by atomic mass is 32.2. The first-order valence-electron chi connectivity index (χ1n) is 13.4. The van der Waals surface area contributed by atoms with Crippen LogP contribution in [0.2, 0.25) is 0 Å². The molecule has 0 spiro atoms. The Hall–Kier alpha value is -2.22. The standard InChI is InChI=1S/C25H39N5O6S2/c1-38(35,36)29-11-9-18(10-12-29)22(27-19-6-3-2-4-7-19)24(32)30-14-13-28(25(33)34)17-21(30)23(31)26-16-20-8-5-15-37-20/h5,8,15,18-19,21-22,27H,2-4,6-7,9-14,16-17H2,1H3,(H,26,31)(H,33,34)/t21-,22+/m0/s1. The molecule has 1 saturated carbocycles. The topological polar surface area (TPSA) is 139 Å². The molecular formula is C25H39N5O6S2. The van der Waals surface area contributed by atoms with Crippen LogP contribution in [0.15, 0.2) is 17.5 Å². The van der Waals surface area contributed by atoms with E-state index in [-0.39, 0.29) is 43.4 Å². The predicted octanol–water partition coefficient (Wildman–Crippen LogP) is 1.52. The molecule has 2 aliphatic heterocycles. The molecule has 3 amide bonds. The zero-order valence-electron chi connectivity index (χ0n) is 21.9. The first-order valence-corrected chi connectivity index (χ1v) is 16.2. The molecule has 38 heavy (non-hydrogen) atoms. The third kappa shape index (κ3) is 7.25. The first kappa shape index (κ1) is 28.8. The Morgan fingerprint density at radius 3 is 2.39 bits per heavy atom. The molecule has 3 aliphatic rings. The lowest BCUT2D eigenvalue weighted by molar-refractivity contribution is -0.146. The summed E-state index contributed by atoms with van der Waals surface area (Å²) in [4.78, 5) is 42.9. The zero-order valence-corrected chi connectivity index (χ0v) is 23.5.